The summed E-state index contributed by atoms with van der Waals surface area (Å²) in [6, 6.07) is 0. The van der Waals surface area contributed by atoms with Crippen LogP contribution in [0.2, 0.25) is 0 Å². The maximum absolute atomic E-state index is 12.8. The van der Waals surface area contributed by atoms with E-state index in [1.807, 2.05) is 6.92 Å². The lowest BCUT2D eigenvalue weighted by Gasteiger charge is -2.71. The molecule has 0 bridgehead atoms. The number of fused-ring (bicyclic) bond motifs is 5. The number of carbonyl (C=O) groups excluding carboxylic acids is 1. The van der Waals surface area contributed by atoms with E-state index >= 15 is 0 Å². The van der Waals surface area contributed by atoms with Gasteiger partial charge in [0.15, 0.2) is 0 Å². The van der Waals surface area contributed by atoms with E-state index in [0.29, 0.717) is 52.3 Å². The molecule has 0 aromatic rings. The Balaban J connectivity index is 1.76. The van der Waals surface area contributed by atoms with E-state index in [9.17, 15) is 9.90 Å². The molecule has 0 aromatic carbocycles. The zero-order valence-corrected chi connectivity index (χ0v) is 24.9. The highest BCUT2D eigenvalue weighted by atomic mass is 16.3. The summed E-state index contributed by atoms with van der Waals surface area (Å²) in [5.74, 6) is 4.59. The summed E-state index contributed by atoms with van der Waals surface area (Å²) in [6.45, 7) is 24.3. The predicted octanol–water partition coefficient (Wildman–Crippen LogP) is 8.56. The van der Waals surface area contributed by atoms with Crippen LogP contribution in [-0.4, -0.2) is 17.5 Å². The monoisotopic (exact) mass is 486 g/mol. The van der Waals surface area contributed by atoms with Crippen LogP contribution < -0.4 is 0 Å². The van der Waals surface area contributed by atoms with Crippen molar-refractivity contribution in [2.24, 2.45) is 68.5 Å². The second-order valence-electron chi connectivity index (χ2n) is 15.7. The predicted molar refractivity (Wildman–Crippen MR) is 147 cm³/mol. The minimum atomic E-state index is -0.283. The molecule has 0 aromatic heterocycles. The molecular formula is C33H58O2. The Kier molecular flexibility index (Phi) is 6.99. The largest absolute Gasteiger partial charge is 0.393 e. The first-order valence-corrected chi connectivity index (χ1v) is 15.3. The number of aldehydes is 1. The van der Waals surface area contributed by atoms with Crippen molar-refractivity contribution < 1.29 is 9.90 Å². The average molecular weight is 487 g/mol. The Hall–Kier alpha value is -0.370. The van der Waals surface area contributed by atoms with Crippen molar-refractivity contribution in [2.75, 3.05) is 0 Å². The quantitative estimate of drug-likeness (QED) is 0.382. The fourth-order valence-corrected chi connectivity index (χ4v) is 11.4. The van der Waals surface area contributed by atoms with Gasteiger partial charge in [0.1, 0.15) is 6.29 Å². The minimum absolute atomic E-state index is 0.0548. The maximum atomic E-state index is 12.8. The van der Waals surface area contributed by atoms with Gasteiger partial charge in [-0.1, -0.05) is 68.7 Å². The highest BCUT2D eigenvalue weighted by Gasteiger charge is 2.70. The number of rotatable bonds is 6. The Morgan fingerprint density at radius 2 is 1.57 bits per heavy atom. The van der Waals surface area contributed by atoms with E-state index in [0.717, 1.165) is 12.8 Å². The zero-order valence-electron chi connectivity index (χ0n) is 24.9. The van der Waals surface area contributed by atoms with Crippen molar-refractivity contribution in [3.8, 4) is 0 Å². The molecule has 4 saturated carbocycles. The summed E-state index contributed by atoms with van der Waals surface area (Å²) in [4.78, 5) is 12.8. The van der Waals surface area contributed by atoms with Gasteiger partial charge in [0, 0.05) is 5.41 Å². The van der Waals surface area contributed by atoms with E-state index in [2.05, 4.69) is 62.3 Å². The summed E-state index contributed by atoms with van der Waals surface area (Å²) < 4.78 is 0. The highest BCUT2D eigenvalue weighted by Crippen LogP contribution is 2.76. The van der Waals surface area contributed by atoms with Crippen LogP contribution in [0.1, 0.15) is 127 Å². The molecule has 202 valence electrons. The second-order valence-corrected chi connectivity index (χ2v) is 15.7. The number of aliphatic hydroxyl groups excluding tert-OH is 1. The van der Waals surface area contributed by atoms with E-state index in [-0.39, 0.29) is 22.3 Å². The molecule has 1 N–H and O–H groups in total. The molecule has 0 saturated heterocycles. The van der Waals surface area contributed by atoms with Gasteiger partial charge in [0.05, 0.1) is 6.10 Å². The molecule has 0 spiro atoms. The van der Waals surface area contributed by atoms with Crippen LogP contribution in [0.15, 0.2) is 0 Å². The SMILES string of the molecule is CC[C@@]1(C)C(C(C)(C)[C@H](C)O)CC[C@]2(C)C1CCC1C3[C@H](C(C)C(C)C)CC[C@]3(C=O)CC[C@]12C. The van der Waals surface area contributed by atoms with Gasteiger partial charge in [-0.05, 0) is 121 Å². The second kappa shape index (κ2) is 8.84. The van der Waals surface area contributed by atoms with E-state index < -0.39 is 0 Å². The standard InChI is InChI=1S/C33H58O2/c1-11-30(8)26(29(6,7)23(5)35)15-16-32(10)27(30)13-12-25-28-24(22(4)21(2)3)14-17-33(28,20-34)19-18-31(25,32)9/h20-28,35H,11-19H2,1-10H3/t22?,23-,24-,25?,26?,27?,28?,30-,31+,32+,33+/m0/s1. The van der Waals surface area contributed by atoms with Gasteiger partial charge >= 0.3 is 0 Å². The highest BCUT2D eigenvalue weighted by molar-refractivity contribution is 5.61. The molecule has 0 aliphatic heterocycles. The molecular weight excluding hydrogens is 428 g/mol. The van der Waals surface area contributed by atoms with Crippen LogP contribution >= 0.6 is 0 Å². The molecule has 35 heavy (non-hydrogen) atoms. The smallest absolute Gasteiger partial charge is 0.126 e. The fraction of sp³-hybridized carbons (Fsp3) is 0.970. The van der Waals surface area contributed by atoms with Crippen molar-refractivity contribution in [1.82, 2.24) is 0 Å². The number of hydrogen-bond acceptors (Lipinski definition) is 2. The molecule has 4 aliphatic carbocycles. The van der Waals surface area contributed by atoms with Crippen molar-refractivity contribution in [2.45, 2.75) is 133 Å². The lowest BCUT2D eigenvalue weighted by molar-refractivity contribution is -0.233. The van der Waals surface area contributed by atoms with E-state index in [1.54, 1.807) is 0 Å². The van der Waals surface area contributed by atoms with Crippen LogP contribution in [0.5, 0.6) is 0 Å². The van der Waals surface area contributed by atoms with E-state index in [1.165, 1.54) is 51.2 Å². The minimum Gasteiger partial charge on any atom is -0.393 e. The molecule has 4 rings (SSSR count). The summed E-state index contributed by atoms with van der Waals surface area (Å²) in [5.41, 5.74) is 0.756. The summed E-state index contributed by atoms with van der Waals surface area (Å²) in [6.07, 6.45) is 12.2. The maximum Gasteiger partial charge on any atom is 0.126 e. The molecule has 0 radical (unpaired) electrons. The van der Waals surface area contributed by atoms with Crippen LogP contribution in [0.25, 0.3) is 0 Å². The van der Waals surface area contributed by atoms with Gasteiger partial charge in [-0.3, -0.25) is 0 Å². The lowest BCUT2D eigenvalue weighted by atomic mass is 9.33. The molecule has 5 unspecified atom stereocenters. The fourth-order valence-electron chi connectivity index (χ4n) is 11.4. The third-order valence-corrected chi connectivity index (χ3v) is 14.5. The molecule has 11 atom stereocenters. The molecule has 4 fully saturated rings. The van der Waals surface area contributed by atoms with Gasteiger partial charge in [0.25, 0.3) is 0 Å². The Labute approximate surface area is 217 Å². The Morgan fingerprint density at radius 1 is 0.914 bits per heavy atom. The van der Waals surface area contributed by atoms with Crippen molar-refractivity contribution in [3.05, 3.63) is 0 Å². The Bertz CT molecular complexity index is 799. The summed E-state index contributed by atoms with van der Waals surface area (Å²) in [7, 11) is 0. The molecule has 0 heterocycles. The van der Waals surface area contributed by atoms with Crippen LogP contribution in [-0.2, 0) is 4.79 Å². The average Bonchev–Trinajstić information content (AvgIpc) is 3.18. The third-order valence-electron chi connectivity index (χ3n) is 14.5. The van der Waals surface area contributed by atoms with Crippen LogP contribution in [0, 0.1) is 68.5 Å². The van der Waals surface area contributed by atoms with Crippen molar-refractivity contribution >= 4 is 6.29 Å². The first-order valence-electron chi connectivity index (χ1n) is 15.3. The molecule has 0 amide bonds. The van der Waals surface area contributed by atoms with E-state index in [4.69, 9.17) is 0 Å². The first-order chi connectivity index (χ1) is 16.2. The molecule has 2 nitrogen and oxygen atoms in total. The first kappa shape index (κ1) is 27.7. The van der Waals surface area contributed by atoms with Crippen molar-refractivity contribution in [3.63, 3.8) is 0 Å². The van der Waals surface area contributed by atoms with Gasteiger partial charge in [-0.2, -0.15) is 0 Å². The molecule has 2 heteroatoms. The molecule has 4 aliphatic rings. The number of hydrogen-bond donors (Lipinski definition) is 1. The lowest BCUT2D eigenvalue weighted by Crippen LogP contribution is -2.65. The van der Waals surface area contributed by atoms with Gasteiger partial charge in [-0.15, -0.1) is 0 Å². The van der Waals surface area contributed by atoms with Gasteiger partial charge in [-0.25, -0.2) is 0 Å². The number of aliphatic hydroxyl groups is 1. The van der Waals surface area contributed by atoms with Crippen LogP contribution in [0.4, 0.5) is 0 Å². The Morgan fingerprint density at radius 3 is 2.11 bits per heavy atom. The zero-order chi connectivity index (χ0) is 26.2. The van der Waals surface area contributed by atoms with Crippen LogP contribution in [0.3, 0.4) is 0 Å². The normalized spacial score (nSPS) is 49.7. The number of carbonyl (C=O) groups is 1. The van der Waals surface area contributed by atoms with Gasteiger partial charge < -0.3 is 9.90 Å². The van der Waals surface area contributed by atoms with Gasteiger partial charge in [0.2, 0.25) is 0 Å². The summed E-state index contributed by atoms with van der Waals surface area (Å²) in [5, 5.41) is 10.8. The third kappa shape index (κ3) is 3.60. The summed E-state index contributed by atoms with van der Waals surface area (Å²) >= 11 is 0. The van der Waals surface area contributed by atoms with Crippen molar-refractivity contribution in [1.29, 1.82) is 0 Å². The topological polar surface area (TPSA) is 37.3 Å².